The molecule has 4 nitrogen and oxygen atoms in total. The third-order valence-corrected chi connectivity index (χ3v) is 5.05. The van der Waals surface area contributed by atoms with Crippen LogP contribution in [0.25, 0.3) is 0 Å². The minimum atomic E-state index is -0.988. The van der Waals surface area contributed by atoms with Crippen LogP contribution in [0.2, 0.25) is 0 Å². The van der Waals surface area contributed by atoms with Gasteiger partial charge >= 0.3 is 5.97 Å². The van der Waals surface area contributed by atoms with E-state index in [0.29, 0.717) is 0 Å². The van der Waals surface area contributed by atoms with Crippen LogP contribution in [0.3, 0.4) is 0 Å². The number of carboxylic acids is 1. The number of benzene rings is 1. The maximum absolute atomic E-state index is 12.2. The number of aryl methyl sites for hydroxylation is 2. The van der Waals surface area contributed by atoms with E-state index in [1.54, 1.807) is 0 Å². The van der Waals surface area contributed by atoms with Gasteiger partial charge in [0.1, 0.15) is 6.54 Å². The molecule has 0 radical (unpaired) electrons. The van der Waals surface area contributed by atoms with Crippen molar-refractivity contribution in [3.8, 4) is 0 Å². The summed E-state index contributed by atoms with van der Waals surface area (Å²) >= 11 is 4.93. The molecule has 0 atom stereocenters. The minimum absolute atomic E-state index is 0.123. The first-order valence-corrected chi connectivity index (χ1v) is 8.41. The average molecular weight is 374 g/mol. The maximum Gasteiger partial charge on any atom is 0.323 e. The Morgan fingerprint density at radius 2 is 1.90 bits per heavy atom. The van der Waals surface area contributed by atoms with E-state index in [2.05, 4.69) is 15.9 Å². The van der Waals surface area contributed by atoms with Crippen LogP contribution in [0.1, 0.15) is 25.0 Å². The SMILES string of the molecule is Cc1cc(SCC(=O)N(CC(=O)O)C(C)C)c(C)cc1Br. The molecule has 0 unspecified atom stereocenters. The highest BCUT2D eigenvalue weighted by molar-refractivity contribution is 9.10. The van der Waals surface area contributed by atoms with Crippen LogP contribution in [0.15, 0.2) is 21.5 Å². The number of rotatable bonds is 6. The van der Waals surface area contributed by atoms with Crippen LogP contribution in [0.4, 0.5) is 0 Å². The largest absolute Gasteiger partial charge is 0.480 e. The summed E-state index contributed by atoms with van der Waals surface area (Å²) in [6.45, 7) is 7.38. The lowest BCUT2D eigenvalue weighted by atomic mass is 10.2. The quantitative estimate of drug-likeness (QED) is 0.775. The standard InChI is InChI=1S/C15H20BrNO3S/c1-9(2)17(7-15(19)20)14(18)8-21-13-6-10(3)12(16)5-11(13)4/h5-6,9H,7-8H2,1-4H3,(H,19,20). The second kappa shape index (κ2) is 7.84. The van der Waals surface area contributed by atoms with Gasteiger partial charge in [-0.05, 0) is 51.0 Å². The van der Waals surface area contributed by atoms with E-state index in [1.165, 1.54) is 16.7 Å². The summed E-state index contributed by atoms with van der Waals surface area (Å²) < 4.78 is 1.05. The summed E-state index contributed by atoms with van der Waals surface area (Å²) in [5.74, 6) is -0.900. The van der Waals surface area contributed by atoms with Crippen LogP contribution in [-0.2, 0) is 9.59 Å². The molecule has 116 valence electrons. The third kappa shape index (κ3) is 5.36. The van der Waals surface area contributed by atoms with Crippen LogP contribution in [0, 0.1) is 13.8 Å². The van der Waals surface area contributed by atoms with Crippen molar-refractivity contribution in [1.82, 2.24) is 4.90 Å². The Hall–Kier alpha value is -1.01. The van der Waals surface area contributed by atoms with Gasteiger partial charge in [-0.25, -0.2) is 0 Å². The van der Waals surface area contributed by atoms with Gasteiger partial charge in [0.05, 0.1) is 5.75 Å². The second-order valence-corrected chi connectivity index (χ2v) is 7.04. The van der Waals surface area contributed by atoms with Crippen molar-refractivity contribution in [2.24, 2.45) is 0 Å². The van der Waals surface area contributed by atoms with E-state index < -0.39 is 5.97 Å². The molecule has 0 spiro atoms. The monoisotopic (exact) mass is 373 g/mol. The number of halogens is 1. The van der Waals surface area contributed by atoms with Crippen molar-refractivity contribution in [3.05, 3.63) is 27.7 Å². The van der Waals surface area contributed by atoms with Gasteiger partial charge in [0.25, 0.3) is 0 Å². The summed E-state index contributed by atoms with van der Waals surface area (Å²) in [5.41, 5.74) is 2.21. The normalized spacial score (nSPS) is 10.8. The first kappa shape index (κ1) is 18.0. The number of thioether (sulfide) groups is 1. The Balaban J connectivity index is 2.75. The molecule has 1 rings (SSSR count). The number of carbonyl (C=O) groups excluding carboxylic acids is 1. The van der Waals surface area contributed by atoms with E-state index in [-0.39, 0.29) is 24.2 Å². The molecule has 21 heavy (non-hydrogen) atoms. The zero-order chi connectivity index (χ0) is 16.2. The summed E-state index contributed by atoms with van der Waals surface area (Å²) in [7, 11) is 0. The average Bonchev–Trinajstić information content (AvgIpc) is 2.37. The molecular weight excluding hydrogens is 354 g/mol. The molecule has 1 amide bonds. The molecule has 1 aromatic rings. The predicted octanol–water partition coefficient (Wildman–Crippen LogP) is 3.48. The Bertz CT molecular complexity index is 546. The van der Waals surface area contributed by atoms with Crippen molar-refractivity contribution in [2.75, 3.05) is 12.3 Å². The van der Waals surface area contributed by atoms with E-state index in [9.17, 15) is 9.59 Å². The molecule has 0 aliphatic carbocycles. The number of aliphatic carboxylic acids is 1. The summed E-state index contributed by atoms with van der Waals surface area (Å²) in [6.07, 6.45) is 0. The Morgan fingerprint density at radius 3 is 2.43 bits per heavy atom. The van der Waals surface area contributed by atoms with Gasteiger partial charge in [0.15, 0.2) is 0 Å². The maximum atomic E-state index is 12.2. The number of hydrogen-bond acceptors (Lipinski definition) is 3. The van der Waals surface area contributed by atoms with Gasteiger partial charge in [0.2, 0.25) is 5.91 Å². The fourth-order valence-electron chi connectivity index (χ4n) is 1.84. The number of amides is 1. The molecule has 6 heteroatoms. The van der Waals surface area contributed by atoms with Crippen molar-refractivity contribution >= 4 is 39.6 Å². The molecule has 0 heterocycles. The van der Waals surface area contributed by atoms with Crippen LogP contribution in [0.5, 0.6) is 0 Å². The number of nitrogens with zero attached hydrogens (tertiary/aromatic N) is 1. The van der Waals surface area contributed by atoms with Crippen molar-refractivity contribution < 1.29 is 14.7 Å². The molecule has 0 bridgehead atoms. The van der Waals surface area contributed by atoms with Crippen molar-refractivity contribution in [2.45, 2.75) is 38.6 Å². The highest BCUT2D eigenvalue weighted by Gasteiger charge is 2.20. The molecule has 0 aliphatic rings. The molecular formula is C15H20BrNO3S. The highest BCUT2D eigenvalue weighted by atomic mass is 79.9. The number of carboxylic acid groups (broad SMARTS) is 1. The zero-order valence-corrected chi connectivity index (χ0v) is 15.0. The molecule has 0 fully saturated rings. The van der Waals surface area contributed by atoms with E-state index in [1.807, 2.05) is 39.8 Å². The Kier molecular flexibility index (Phi) is 6.74. The molecule has 1 N–H and O–H groups in total. The summed E-state index contributed by atoms with van der Waals surface area (Å²) in [6, 6.07) is 3.94. The van der Waals surface area contributed by atoms with Crippen LogP contribution < -0.4 is 0 Å². The van der Waals surface area contributed by atoms with E-state index >= 15 is 0 Å². The zero-order valence-electron chi connectivity index (χ0n) is 12.6. The second-order valence-electron chi connectivity index (χ2n) is 5.16. The summed E-state index contributed by atoms with van der Waals surface area (Å²) in [4.78, 5) is 25.4. The smallest absolute Gasteiger partial charge is 0.323 e. The summed E-state index contributed by atoms with van der Waals surface area (Å²) in [5, 5.41) is 8.87. The predicted molar refractivity (Wildman–Crippen MR) is 88.8 cm³/mol. The topological polar surface area (TPSA) is 57.6 Å². The van der Waals surface area contributed by atoms with Gasteiger partial charge < -0.3 is 10.0 Å². The molecule has 0 aliphatic heterocycles. The van der Waals surface area contributed by atoms with Gasteiger partial charge in [-0.3, -0.25) is 9.59 Å². The molecule has 0 saturated carbocycles. The van der Waals surface area contributed by atoms with Crippen molar-refractivity contribution in [3.63, 3.8) is 0 Å². The van der Waals surface area contributed by atoms with Gasteiger partial charge in [-0.2, -0.15) is 0 Å². The Labute approximate surface area is 138 Å². The van der Waals surface area contributed by atoms with E-state index in [4.69, 9.17) is 5.11 Å². The molecule has 0 saturated heterocycles. The molecule has 0 aromatic heterocycles. The first-order valence-electron chi connectivity index (χ1n) is 6.63. The van der Waals surface area contributed by atoms with E-state index in [0.717, 1.165) is 20.5 Å². The third-order valence-electron chi connectivity index (χ3n) is 3.06. The van der Waals surface area contributed by atoms with Crippen LogP contribution >= 0.6 is 27.7 Å². The van der Waals surface area contributed by atoms with Gasteiger partial charge in [0, 0.05) is 15.4 Å². The lowest BCUT2D eigenvalue weighted by Gasteiger charge is -2.24. The lowest BCUT2D eigenvalue weighted by Crippen LogP contribution is -2.41. The fourth-order valence-corrected chi connectivity index (χ4v) is 3.29. The Morgan fingerprint density at radius 1 is 1.29 bits per heavy atom. The van der Waals surface area contributed by atoms with Gasteiger partial charge in [-0.15, -0.1) is 11.8 Å². The minimum Gasteiger partial charge on any atom is -0.480 e. The first-order chi connectivity index (χ1) is 9.72. The fraction of sp³-hybridized carbons (Fsp3) is 0.467. The molecule has 1 aromatic carbocycles. The number of hydrogen-bond donors (Lipinski definition) is 1. The van der Waals surface area contributed by atoms with Gasteiger partial charge in [-0.1, -0.05) is 15.9 Å². The van der Waals surface area contributed by atoms with Crippen molar-refractivity contribution in [1.29, 1.82) is 0 Å². The van der Waals surface area contributed by atoms with Crippen LogP contribution in [-0.4, -0.2) is 40.2 Å². The highest BCUT2D eigenvalue weighted by Crippen LogP contribution is 2.28. The number of carbonyl (C=O) groups is 2. The lowest BCUT2D eigenvalue weighted by molar-refractivity contribution is -0.144.